The summed E-state index contributed by atoms with van der Waals surface area (Å²) in [6.07, 6.45) is 95.9. The monoisotopic (exact) mass is 1160 g/mol. The minimum Gasteiger partial charge on any atom is -0.462 e. The molecule has 0 fully saturated rings. The summed E-state index contributed by atoms with van der Waals surface area (Å²) in [5.74, 6) is -0.886. The average molecular weight is 1160 g/mol. The molecule has 0 saturated heterocycles. The molecule has 0 spiro atoms. The Bertz CT molecular complexity index is 1610. The summed E-state index contributed by atoms with van der Waals surface area (Å²) in [5, 5.41) is 0. The van der Waals surface area contributed by atoms with E-state index >= 15 is 0 Å². The first-order valence-corrected chi connectivity index (χ1v) is 35.7. The Balaban J connectivity index is 4.24. The van der Waals surface area contributed by atoms with Crippen LogP contribution < -0.4 is 0 Å². The van der Waals surface area contributed by atoms with E-state index in [1.54, 1.807) is 0 Å². The van der Waals surface area contributed by atoms with Gasteiger partial charge in [-0.25, -0.2) is 0 Å². The van der Waals surface area contributed by atoms with Crippen molar-refractivity contribution in [1.29, 1.82) is 0 Å². The summed E-state index contributed by atoms with van der Waals surface area (Å²) in [6.45, 7) is 6.44. The van der Waals surface area contributed by atoms with Gasteiger partial charge < -0.3 is 14.2 Å². The molecule has 0 saturated carbocycles. The van der Waals surface area contributed by atoms with E-state index in [0.29, 0.717) is 19.3 Å². The lowest BCUT2D eigenvalue weighted by atomic mass is 10.0. The fourth-order valence-electron chi connectivity index (χ4n) is 10.3. The molecule has 0 N–H and O–H groups in total. The van der Waals surface area contributed by atoms with E-state index in [9.17, 15) is 14.4 Å². The summed E-state index contributed by atoms with van der Waals surface area (Å²) in [7, 11) is 0. The predicted molar refractivity (Wildman–Crippen MR) is 362 cm³/mol. The first-order chi connectivity index (χ1) is 41.0. The Kier molecular flexibility index (Phi) is 67.7. The standard InChI is InChI=1S/C77H134O6/c1-4-7-10-13-16-19-22-25-28-31-32-33-34-35-36-37-38-39-40-41-42-43-44-47-49-52-55-58-61-64-67-70-76(79)82-73-74(83-77(80)71-68-65-62-59-56-53-50-46-30-27-24-21-18-15-12-9-6-3)72-81-75(78)69-66-63-60-57-54-51-48-45-29-26-23-20-17-14-11-8-5-2/h8-9,11-12,17-18,20-22,25-27,29-32,74H,4-7,10,13-16,19,23-24,28,33-73H2,1-3H3/b11-8-,12-9-,20-17-,21-18-,25-22-,29-26-,30-27-,32-31-. The van der Waals surface area contributed by atoms with Crippen LogP contribution in [0.4, 0.5) is 0 Å². The summed E-state index contributed by atoms with van der Waals surface area (Å²) in [4.78, 5) is 38.5. The van der Waals surface area contributed by atoms with Crippen LogP contribution in [-0.2, 0) is 28.6 Å². The molecule has 478 valence electrons. The van der Waals surface area contributed by atoms with Crippen molar-refractivity contribution in [3.05, 3.63) is 97.2 Å². The molecule has 0 aliphatic carbocycles. The predicted octanol–water partition coefficient (Wildman–Crippen LogP) is 24.8. The third kappa shape index (κ3) is 69.0. The Labute approximate surface area is 515 Å². The summed E-state index contributed by atoms with van der Waals surface area (Å²) in [5.41, 5.74) is 0. The maximum atomic E-state index is 12.9. The highest BCUT2D eigenvalue weighted by atomic mass is 16.6. The van der Waals surface area contributed by atoms with Gasteiger partial charge in [-0.15, -0.1) is 0 Å². The summed E-state index contributed by atoms with van der Waals surface area (Å²) < 4.78 is 17.0. The highest BCUT2D eigenvalue weighted by Crippen LogP contribution is 2.18. The molecule has 0 aliphatic heterocycles. The Hall–Kier alpha value is -3.67. The van der Waals surface area contributed by atoms with Crippen LogP contribution >= 0.6 is 0 Å². The van der Waals surface area contributed by atoms with Crippen LogP contribution in [0, 0.1) is 0 Å². The number of hydrogen-bond acceptors (Lipinski definition) is 6. The van der Waals surface area contributed by atoms with Crippen molar-refractivity contribution in [3.8, 4) is 0 Å². The molecule has 6 nitrogen and oxygen atoms in total. The van der Waals surface area contributed by atoms with E-state index in [4.69, 9.17) is 14.2 Å². The van der Waals surface area contributed by atoms with E-state index in [0.717, 1.165) is 116 Å². The number of hydrogen-bond donors (Lipinski definition) is 0. The topological polar surface area (TPSA) is 78.9 Å². The van der Waals surface area contributed by atoms with Gasteiger partial charge in [0.1, 0.15) is 13.2 Å². The third-order valence-corrected chi connectivity index (χ3v) is 15.6. The quantitative estimate of drug-likeness (QED) is 0.0261. The molecule has 0 rings (SSSR count). The van der Waals surface area contributed by atoms with Gasteiger partial charge in [-0.2, -0.15) is 0 Å². The highest BCUT2D eigenvalue weighted by molar-refractivity contribution is 5.71. The van der Waals surface area contributed by atoms with Crippen LogP contribution in [0.25, 0.3) is 0 Å². The van der Waals surface area contributed by atoms with E-state index in [1.807, 2.05) is 0 Å². The van der Waals surface area contributed by atoms with Gasteiger partial charge in [-0.3, -0.25) is 14.4 Å². The lowest BCUT2D eigenvalue weighted by Crippen LogP contribution is -2.30. The molecule has 0 aromatic heterocycles. The smallest absolute Gasteiger partial charge is 0.306 e. The van der Waals surface area contributed by atoms with E-state index < -0.39 is 6.10 Å². The van der Waals surface area contributed by atoms with E-state index in [-0.39, 0.29) is 31.1 Å². The number of rotatable bonds is 65. The van der Waals surface area contributed by atoms with Gasteiger partial charge in [0.05, 0.1) is 0 Å². The van der Waals surface area contributed by atoms with Crippen molar-refractivity contribution < 1.29 is 28.6 Å². The fraction of sp³-hybridized carbons (Fsp3) is 0.753. The zero-order valence-electron chi connectivity index (χ0n) is 54.9. The third-order valence-electron chi connectivity index (χ3n) is 15.6. The van der Waals surface area contributed by atoms with Crippen molar-refractivity contribution in [1.82, 2.24) is 0 Å². The van der Waals surface area contributed by atoms with Gasteiger partial charge in [0.15, 0.2) is 6.10 Å². The Morgan fingerprint density at radius 1 is 0.253 bits per heavy atom. The second-order valence-electron chi connectivity index (χ2n) is 23.7. The van der Waals surface area contributed by atoms with Gasteiger partial charge in [-0.1, -0.05) is 317 Å². The molecular weight excluding hydrogens is 1020 g/mol. The van der Waals surface area contributed by atoms with Gasteiger partial charge in [0.25, 0.3) is 0 Å². The number of carbonyl (C=O) groups is 3. The molecule has 0 amide bonds. The van der Waals surface area contributed by atoms with Gasteiger partial charge in [-0.05, 0) is 116 Å². The van der Waals surface area contributed by atoms with Crippen molar-refractivity contribution in [2.24, 2.45) is 0 Å². The minimum atomic E-state index is -0.789. The molecule has 0 aromatic rings. The molecular formula is C77H134O6. The first-order valence-electron chi connectivity index (χ1n) is 35.7. The van der Waals surface area contributed by atoms with Crippen LogP contribution in [0.5, 0.6) is 0 Å². The van der Waals surface area contributed by atoms with E-state index in [2.05, 4.69) is 118 Å². The van der Waals surface area contributed by atoms with Crippen LogP contribution in [0.15, 0.2) is 97.2 Å². The van der Waals surface area contributed by atoms with Crippen molar-refractivity contribution in [2.45, 2.75) is 361 Å². The second-order valence-corrected chi connectivity index (χ2v) is 23.7. The number of carbonyl (C=O) groups excluding carboxylic acids is 3. The number of esters is 3. The molecule has 0 aromatic carbocycles. The summed E-state index contributed by atoms with van der Waals surface area (Å²) >= 11 is 0. The molecule has 83 heavy (non-hydrogen) atoms. The largest absolute Gasteiger partial charge is 0.462 e. The lowest BCUT2D eigenvalue weighted by Gasteiger charge is -2.18. The summed E-state index contributed by atoms with van der Waals surface area (Å²) in [6, 6.07) is 0. The normalized spacial score (nSPS) is 12.7. The SMILES string of the molecule is CC/C=C\C/C=C\C/C=C\CCCCCCCCCC(=O)OCC(COC(=O)CCCCCCCCCCCCCCCCCCCCC/C=C\C/C=C\CCCCCCC)OC(=O)CCCCCCCCC/C=C\C/C=C\C/C=C\CC. The molecule has 1 unspecified atom stereocenters. The lowest BCUT2D eigenvalue weighted by molar-refractivity contribution is -0.167. The van der Waals surface area contributed by atoms with Crippen LogP contribution in [0.2, 0.25) is 0 Å². The van der Waals surface area contributed by atoms with Crippen LogP contribution in [-0.4, -0.2) is 37.2 Å². The van der Waals surface area contributed by atoms with Crippen LogP contribution in [0.3, 0.4) is 0 Å². The second kappa shape index (κ2) is 70.8. The van der Waals surface area contributed by atoms with Crippen molar-refractivity contribution in [3.63, 3.8) is 0 Å². The zero-order valence-corrected chi connectivity index (χ0v) is 54.9. The van der Waals surface area contributed by atoms with Crippen molar-refractivity contribution in [2.75, 3.05) is 13.2 Å². The molecule has 0 aliphatic rings. The molecule has 0 radical (unpaired) electrons. The first kappa shape index (κ1) is 79.3. The highest BCUT2D eigenvalue weighted by Gasteiger charge is 2.19. The zero-order chi connectivity index (χ0) is 59.9. The maximum absolute atomic E-state index is 12.9. The average Bonchev–Trinajstić information content (AvgIpc) is 3.50. The van der Waals surface area contributed by atoms with Gasteiger partial charge >= 0.3 is 17.9 Å². The Morgan fingerprint density at radius 3 is 0.735 bits per heavy atom. The van der Waals surface area contributed by atoms with E-state index in [1.165, 1.54) is 199 Å². The fourth-order valence-corrected chi connectivity index (χ4v) is 10.3. The van der Waals surface area contributed by atoms with Gasteiger partial charge in [0, 0.05) is 19.3 Å². The number of allylic oxidation sites excluding steroid dienone is 16. The number of ether oxygens (including phenoxy) is 3. The van der Waals surface area contributed by atoms with Crippen LogP contribution in [0.1, 0.15) is 355 Å². The minimum absolute atomic E-state index is 0.0824. The number of unbranched alkanes of at least 4 members (excludes halogenated alkanes) is 38. The Morgan fingerprint density at radius 2 is 0.470 bits per heavy atom. The van der Waals surface area contributed by atoms with Gasteiger partial charge in [0.2, 0.25) is 0 Å². The maximum Gasteiger partial charge on any atom is 0.306 e. The molecule has 0 bridgehead atoms. The molecule has 1 atom stereocenters. The molecule has 6 heteroatoms. The molecule has 0 heterocycles. The van der Waals surface area contributed by atoms with Crippen molar-refractivity contribution >= 4 is 17.9 Å².